The van der Waals surface area contributed by atoms with Crippen LogP contribution in [-0.2, 0) is 0 Å². The maximum Gasteiger partial charge on any atom is 0.0945 e. The van der Waals surface area contributed by atoms with E-state index in [9.17, 15) is 5.11 Å². The summed E-state index contributed by atoms with van der Waals surface area (Å²) in [5.74, 6) is 0.390. The molecule has 1 N–H and O–H groups in total. The maximum atomic E-state index is 9.81. The molecule has 0 amide bonds. The highest BCUT2D eigenvalue weighted by atomic mass is 16.3. The second kappa shape index (κ2) is 4.04. The lowest BCUT2D eigenvalue weighted by molar-refractivity contribution is 0.143. The van der Waals surface area contributed by atoms with Crippen molar-refractivity contribution in [2.75, 3.05) is 0 Å². The van der Waals surface area contributed by atoms with Gasteiger partial charge in [-0.3, -0.25) is 0 Å². The molecule has 0 aliphatic heterocycles. The molecule has 1 aromatic carbocycles. The molecule has 2 heteroatoms. The third-order valence-electron chi connectivity index (χ3n) is 3.00. The Morgan fingerprint density at radius 1 is 1.33 bits per heavy atom. The van der Waals surface area contributed by atoms with Crippen molar-refractivity contribution < 1.29 is 5.11 Å². The topological polar surface area (TPSA) is 44.0 Å². The Balaban J connectivity index is 2.12. The van der Waals surface area contributed by atoms with Crippen molar-refractivity contribution in [1.29, 1.82) is 5.26 Å². The Bertz CT molecular complexity index is 373. The van der Waals surface area contributed by atoms with Gasteiger partial charge in [0.25, 0.3) is 0 Å². The van der Waals surface area contributed by atoms with Gasteiger partial charge in [-0.05, 0) is 36.8 Å². The highest BCUT2D eigenvalue weighted by molar-refractivity contribution is 5.29. The molecule has 2 nitrogen and oxygen atoms in total. The SMILES string of the molecule is CC(C#N)C(O)c1ccc(C2CC2)cc1. The molecule has 2 rings (SSSR count). The van der Waals surface area contributed by atoms with Crippen LogP contribution in [0, 0.1) is 17.2 Å². The van der Waals surface area contributed by atoms with Crippen LogP contribution in [0.4, 0.5) is 0 Å². The van der Waals surface area contributed by atoms with Gasteiger partial charge >= 0.3 is 0 Å². The van der Waals surface area contributed by atoms with Crippen LogP contribution in [0.5, 0.6) is 0 Å². The molecule has 0 bridgehead atoms. The average molecular weight is 201 g/mol. The number of benzene rings is 1. The quantitative estimate of drug-likeness (QED) is 0.817. The molecule has 2 atom stereocenters. The Hall–Kier alpha value is -1.33. The van der Waals surface area contributed by atoms with Crippen molar-refractivity contribution in [3.05, 3.63) is 35.4 Å². The van der Waals surface area contributed by atoms with Crippen LogP contribution in [0.15, 0.2) is 24.3 Å². The highest BCUT2D eigenvalue weighted by Crippen LogP contribution is 2.40. The van der Waals surface area contributed by atoms with Crippen LogP contribution in [0.1, 0.15) is 42.9 Å². The van der Waals surface area contributed by atoms with Gasteiger partial charge in [0.2, 0.25) is 0 Å². The molecule has 78 valence electrons. The van der Waals surface area contributed by atoms with Crippen molar-refractivity contribution in [3.8, 4) is 6.07 Å². The van der Waals surface area contributed by atoms with Gasteiger partial charge in [-0.1, -0.05) is 24.3 Å². The van der Waals surface area contributed by atoms with Gasteiger partial charge in [-0.2, -0.15) is 5.26 Å². The monoisotopic (exact) mass is 201 g/mol. The number of nitrogens with zero attached hydrogens (tertiary/aromatic N) is 1. The third kappa shape index (κ3) is 2.19. The summed E-state index contributed by atoms with van der Waals surface area (Å²) in [7, 11) is 0. The van der Waals surface area contributed by atoms with Crippen LogP contribution in [-0.4, -0.2) is 5.11 Å². The Labute approximate surface area is 90.2 Å². The van der Waals surface area contributed by atoms with Crippen LogP contribution in [0.25, 0.3) is 0 Å². The van der Waals surface area contributed by atoms with E-state index in [0.29, 0.717) is 0 Å². The van der Waals surface area contributed by atoms with E-state index in [2.05, 4.69) is 18.2 Å². The van der Waals surface area contributed by atoms with E-state index in [0.717, 1.165) is 11.5 Å². The molecule has 1 aliphatic rings. The van der Waals surface area contributed by atoms with Crippen LogP contribution in [0.2, 0.25) is 0 Å². The second-order valence-corrected chi connectivity index (χ2v) is 4.30. The van der Waals surface area contributed by atoms with E-state index in [-0.39, 0.29) is 5.92 Å². The fourth-order valence-electron chi connectivity index (χ4n) is 1.74. The maximum absolute atomic E-state index is 9.81. The first-order chi connectivity index (χ1) is 7.22. The molecular formula is C13H15NO. The molecule has 0 aromatic heterocycles. The third-order valence-corrected chi connectivity index (χ3v) is 3.00. The van der Waals surface area contributed by atoms with Gasteiger partial charge < -0.3 is 5.11 Å². The molecule has 0 spiro atoms. The van der Waals surface area contributed by atoms with Crippen molar-refractivity contribution in [3.63, 3.8) is 0 Å². The molecule has 1 aliphatic carbocycles. The van der Waals surface area contributed by atoms with Crippen LogP contribution in [0.3, 0.4) is 0 Å². The lowest BCUT2D eigenvalue weighted by Gasteiger charge is -2.13. The zero-order chi connectivity index (χ0) is 10.8. The van der Waals surface area contributed by atoms with E-state index < -0.39 is 6.10 Å². The van der Waals surface area contributed by atoms with E-state index in [1.807, 2.05) is 12.1 Å². The fraction of sp³-hybridized carbons (Fsp3) is 0.462. The largest absolute Gasteiger partial charge is 0.387 e. The van der Waals surface area contributed by atoms with Crippen molar-refractivity contribution in [1.82, 2.24) is 0 Å². The number of rotatable bonds is 3. The number of aliphatic hydroxyl groups is 1. The number of hydrogen-bond acceptors (Lipinski definition) is 2. The van der Waals surface area contributed by atoms with Gasteiger partial charge in [0.05, 0.1) is 18.1 Å². The molecule has 0 radical (unpaired) electrons. The first-order valence-electron chi connectivity index (χ1n) is 5.40. The minimum Gasteiger partial charge on any atom is -0.387 e. The molecule has 1 aromatic rings. The molecule has 1 fully saturated rings. The minimum absolute atomic E-state index is 0.350. The van der Waals surface area contributed by atoms with Gasteiger partial charge in [0.1, 0.15) is 0 Å². The Kier molecular flexibility index (Phi) is 2.75. The lowest BCUT2D eigenvalue weighted by Crippen LogP contribution is -2.06. The molecular weight excluding hydrogens is 186 g/mol. The van der Waals surface area contributed by atoms with Gasteiger partial charge in [0.15, 0.2) is 0 Å². The zero-order valence-corrected chi connectivity index (χ0v) is 8.85. The average Bonchev–Trinajstić information content (AvgIpc) is 3.11. The minimum atomic E-state index is -0.664. The van der Waals surface area contributed by atoms with Crippen LogP contribution < -0.4 is 0 Å². The predicted molar refractivity (Wildman–Crippen MR) is 58.2 cm³/mol. The summed E-state index contributed by atoms with van der Waals surface area (Å²) in [6, 6.07) is 10.1. The number of nitriles is 1. The summed E-state index contributed by atoms with van der Waals surface area (Å²) in [6.45, 7) is 1.74. The summed E-state index contributed by atoms with van der Waals surface area (Å²) in [5, 5.41) is 18.5. The fourth-order valence-corrected chi connectivity index (χ4v) is 1.74. The van der Waals surface area contributed by atoms with Gasteiger partial charge in [0, 0.05) is 0 Å². The summed E-state index contributed by atoms with van der Waals surface area (Å²) < 4.78 is 0. The Morgan fingerprint density at radius 2 is 1.93 bits per heavy atom. The number of aliphatic hydroxyl groups excluding tert-OH is 1. The van der Waals surface area contributed by atoms with E-state index in [4.69, 9.17) is 5.26 Å². The van der Waals surface area contributed by atoms with E-state index in [1.54, 1.807) is 6.92 Å². The highest BCUT2D eigenvalue weighted by Gasteiger charge is 2.23. The van der Waals surface area contributed by atoms with Crippen molar-refractivity contribution in [2.24, 2.45) is 5.92 Å². The summed E-state index contributed by atoms with van der Waals surface area (Å²) in [5.41, 5.74) is 2.20. The molecule has 1 saturated carbocycles. The Morgan fingerprint density at radius 3 is 2.40 bits per heavy atom. The predicted octanol–water partition coefficient (Wildman–Crippen LogP) is 2.76. The second-order valence-electron chi connectivity index (χ2n) is 4.30. The smallest absolute Gasteiger partial charge is 0.0945 e. The lowest BCUT2D eigenvalue weighted by atomic mass is 9.97. The molecule has 0 saturated heterocycles. The van der Waals surface area contributed by atoms with Gasteiger partial charge in [-0.25, -0.2) is 0 Å². The summed E-state index contributed by atoms with van der Waals surface area (Å²) in [6.07, 6.45) is 1.91. The van der Waals surface area contributed by atoms with Gasteiger partial charge in [-0.15, -0.1) is 0 Å². The first-order valence-corrected chi connectivity index (χ1v) is 5.40. The zero-order valence-electron chi connectivity index (χ0n) is 8.85. The van der Waals surface area contributed by atoms with Crippen LogP contribution >= 0.6 is 0 Å². The molecule has 2 unspecified atom stereocenters. The first kappa shape index (κ1) is 10.2. The number of hydrogen-bond donors (Lipinski definition) is 1. The summed E-state index contributed by atoms with van der Waals surface area (Å²) in [4.78, 5) is 0. The normalized spacial score (nSPS) is 19.3. The summed E-state index contributed by atoms with van der Waals surface area (Å²) >= 11 is 0. The van der Waals surface area contributed by atoms with E-state index in [1.165, 1.54) is 18.4 Å². The van der Waals surface area contributed by atoms with Crippen molar-refractivity contribution >= 4 is 0 Å². The van der Waals surface area contributed by atoms with Crippen molar-refractivity contribution in [2.45, 2.75) is 31.8 Å². The van der Waals surface area contributed by atoms with E-state index >= 15 is 0 Å². The standard InChI is InChI=1S/C13H15NO/c1-9(8-14)13(15)12-6-4-11(5-7-12)10-2-3-10/h4-7,9-10,13,15H,2-3H2,1H3. The molecule has 0 heterocycles. The molecule has 15 heavy (non-hydrogen) atoms.